The molecule has 0 spiro atoms. The van der Waals surface area contributed by atoms with Crippen molar-refractivity contribution in [3.05, 3.63) is 23.3 Å². The first-order valence-corrected chi connectivity index (χ1v) is 6.77. The molecular formula is C11H15NO6S. The molecule has 0 radical (unpaired) electrons. The third-order valence-corrected chi connectivity index (χ3v) is 3.70. The summed E-state index contributed by atoms with van der Waals surface area (Å²) in [6.45, 7) is 2.55. The van der Waals surface area contributed by atoms with Gasteiger partial charge in [0.15, 0.2) is 6.61 Å². The maximum Gasteiger partial charge on any atom is 0.331 e. The van der Waals surface area contributed by atoms with Gasteiger partial charge in [0.25, 0.3) is 10.0 Å². The highest BCUT2D eigenvalue weighted by Crippen LogP contribution is 2.25. The molecule has 0 heterocycles. The number of sulfonamides is 1. The van der Waals surface area contributed by atoms with Gasteiger partial charge in [-0.05, 0) is 37.1 Å². The number of hydrogen-bond donors (Lipinski definition) is 2. The lowest BCUT2D eigenvalue weighted by Crippen LogP contribution is -2.27. The van der Waals surface area contributed by atoms with E-state index >= 15 is 0 Å². The Hall–Kier alpha value is -1.64. The van der Waals surface area contributed by atoms with Gasteiger partial charge in [0.2, 0.25) is 0 Å². The fourth-order valence-corrected chi connectivity index (χ4v) is 2.60. The summed E-state index contributed by atoms with van der Waals surface area (Å²) in [5.41, 5.74) is 1.11. The van der Waals surface area contributed by atoms with Crippen molar-refractivity contribution in [1.29, 1.82) is 0 Å². The smallest absolute Gasteiger partial charge is 0.331 e. The van der Waals surface area contributed by atoms with E-state index in [-0.39, 0.29) is 4.90 Å². The number of aryl methyl sites for hydroxylation is 2. The van der Waals surface area contributed by atoms with E-state index in [0.29, 0.717) is 16.9 Å². The van der Waals surface area contributed by atoms with E-state index in [4.69, 9.17) is 9.84 Å². The van der Waals surface area contributed by atoms with Crippen molar-refractivity contribution in [2.75, 3.05) is 13.7 Å². The van der Waals surface area contributed by atoms with Gasteiger partial charge in [0.05, 0.1) is 12.0 Å². The maximum atomic E-state index is 11.9. The summed E-state index contributed by atoms with van der Waals surface area (Å²) in [5, 5.41) is 8.37. The van der Waals surface area contributed by atoms with Crippen LogP contribution in [0.5, 0.6) is 5.75 Å². The molecule has 0 aliphatic heterocycles. The van der Waals surface area contributed by atoms with E-state index in [0.717, 1.165) is 0 Å². The molecule has 106 valence electrons. The van der Waals surface area contributed by atoms with Crippen molar-refractivity contribution < 1.29 is 27.9 Å². The number of benzene rings is 1. The van der Waals surface area contributed by atoms with E-state index < -0.39 is 22.6 Å². The highest BCUT2D eigenvalue weighted by Gasteiger charge is 2.19. The van der Waals surface area contributed by atoms with Crippen LogP contribution in [0.15, 0.2) is 17.0 Å². The number of carboxylic acids is 1. The van der Waals surface area contributed by atoms with Gasteiger partial charge in [-0.2, -0.15) is 0 Å². The molecule has 1 aromatic rings. The fraction of sp³-hybridized carbons (Fsp3) is 0.364. The van der Waals surface area contributed by atoms with Gasteiger partial charge in [-0.25, -0.2) is 13.2 Å². The highest BCUT2D eigenvalue weighted by atomic mass is 32.2. The van der Waals surface area contributed by atoms with Crippen LogP contribution in [-0.2, 0) is 19.7 Å². The Kier molecular flexibility index (Phi) is 4.87. The summed E-state index contributed by atoms with van der Waals surface area (Å²) in [6, 6.07) is 3.02. The molecule has 0 aliphatic rings. The van der Waals surface area contributed by atoms with Crippen LogP contribution in [0.4, 0.5) is 0 Å². The molecule has 2 N–H and O–H groups in total. The van der Waals surface area contributed by atoms with Crippen LogP contribution in [0.2, 0.25) is 0 Å². The Morgan fingerprint density at radius 1 is 1.32 bits per heavy atom. The van der Waals surface area contributed by atoms with Crippen LogP contribution in [-0.4, -0.2) is 33.2 Å². The normalized spacial score (nSPS) is 11.3. The summed E-state index contributed by atoms with van der Waals surface area (Å²) >= 11 is 0. The first kappa shape index (κ1) is 15.4. The molecule has 0 saturated heterocycles. The standard InChI is InChI=1S/C11H15NO6S/c1-7-5-10(8(2)4-9(7)17-3)19(15,16)12-18-6-11(13)14/h4-5,12H,6H2,1-3H3,(H,13,14). The van der Waals surface area contributed by atoms with Crippen LogP contribution in [0.25, 0.3) is 0 Å². The predicted molar refractivity (Wildman–Crippen MR) is 66.4 cm³/mol. The molecule has 0 bridgehead atoms. The van der Waals surface area contributed by atoms with E-state index in [1.54, 1.807) is 24.8 Å². The highest BCUT2D eigenvalue weighted by molar-refractivity contribution is 7.89. The topological polar surface area (TPSA) is 102 Å². The number of methoxy groups -OCH3 is 1. The molecule has 1 rings (SSSR count). The monoisotopic (exact) mass is 289 g/mol. The van der Waals surface area contributed by atoms with Gasteiger partial charge in [-0.1, -0.05) is 4.89 Å². The van der Waals surface area contributed by atoms with E-state index in [1.807, 2.05) is 0 Å². The Balaban J connectivity index is 3.01. The third kappa shape index (κ3) is 3.91. The fourth-order valence-electron chi connectivity index (χ4n) is 1.49. The number of ether oxygens (including phenoxy) is 1. The number of aliphatic carboxylic acids is 1. The minimum atomic E-state index is -3.93. The van der Waals surface area contributed by atoms with Crippen molar-refractivity contribution in [3.8, 4) is 5.75 Å². The molecule has 19 heavy (non-hydrogen) atoms. The molecule has 0 amide bonds. The summed E-state index contributed by atoms with van der Waals surface area (Å²) in [7, 11) is -2.43. The Morgan fingerprint density at radius 3 is 2.47 bits per heavy atom. The first-order valence-electron chi connectivity index (χ1n) is 5.28. The quantitative estimate of drug-likeness (QED) is 0.744. The maximum absolute atomic E-state index is 11.9. The zero-order chi connectivity index (χ0) is 14.6. The minimum absolute atomic E-state index is 0.0104. The molecule has 0 atom stereocenters. The average Bonchev–Trinajstić information content (AvgIpc) is 2.30. The second kappa shape index (κ2) is 6.00. The van der Waals surface area contributed by atoms with Crippen LogP contribution >= 0.6 is 0 Å². The number of nitrogens with one attached hydrogen (secondary N) is 1. The van der Waals surface area contributed by atoms with Crippen molar-refractivity contribution in [2.45, 2.75) is 18.7 Å². The number of rotatable bonds is 6. The molecule has 0 fully saturated rings. The molecule has 0 unspecified atom stereocenters. The van der Waals surface area contributed by atoms with Gasteiger partial charge >= 0.3 is 5.97 Å². The molecule has 7 nitrogen and oxygen atoms in total. The molecule has 0 saturated carbocycles. The molecule has 0 aliphatic carbocycles. The van der Waals surface area contributed by atoms with Gasteiger partial charge < -0.3 is 9.84 Å². The van der Waals surface area contributed by atoms with Gasteiger partial charge in [0, 0.05) is 0 Å². The Bertz CT molecular complexity index is 581. The predicted octanol–water partition coefficient (Wildman–Crippen LogP) is 0.607. The summed E-state index contributed by atoms with van der Waals surface area (Å²) in [5.74, 6) is -0.701. The third-order valence-electron chi connectivity index (χ3n) is 2.35. The zero-order valence-electron chi connectivity index (χ0n) is 10.8. The second-order valence-corrected chi connectivity index (χ2v) is 5.47. The van der Waals surface area contributed by atoms with Crippen LogP contribution in [0.3, 0.4) is 0 Å². The Labute approximate surface area is 111 Å². The SMILES string of the molecule is COc1cc(C)c(S(=O)(=O)NOCC(=O)O)cc1C. The largest absolute Gasteiger partial charge is 0.496 e. The van der Waals surface area contributed by atoms with Gasteiger partial charge in [-0.3, -0.25) is 4.84 Å². The molecule has 8 heteroatoms. The lowest BCUT2D eigenvalue weighted by atomic mass is 10.1. The number of hydrogen-bond acceptors (Lipinski definition) is 5. The summed E-state index contributed by atoms with van der Waals surface area (Å²) in [6.07, 6.45) is 0. The first-order chi connectivity index (χ1) is 8.77. The number of carbonyl (C=O) groups is 1. The van der Waals surface area contributed by atoms with Crippen molar-refractivity contribution >= 4 is 16.0 Å². The lowest BCUT2D eigenvalue weighted by Gasteiger charge is -2.12. The van der Waals surface area contributed by atoms with E-state index in [9.17, 15) is 13.2 Å². The van der Waals surface area contributed by atoms with Crippen molar-refractivity contribution in [1.82, 2.24) is 4.89 Å². The van der Waals surface area contributed by atoms with E-state index in [1.165, 1.54) is 13.2 Å². The average molecular weight is 289 g/mol. The van der Waals surface area contributed by atoms with Crippen molar-refractivity contribution in [2.24, 2.45) is 0 Å². The zero-order valence-corrected chi connectivity index (χ0v) is 11.6. The minimum Gasteiger partial charge on any atom is -0.496 e. The second-order valence-electron chi connectivity index (χ2n) is 3.86. The van der Waals surface area contributed by atoms with Crippen LogP contribution in [0, 0.1) is 13.8 Å². The van der Waals surface area contributed by atoms with Gasteiger partial charge in [0.1, 0.15) is 5.75 Å². The molecular weight excluding hydrogens is 274 g/mol. The Morgan fingerprint density at radius 2 is 1.95 bits per heavy atom. The van der Waals surface area contributed by atoms with Crippen LogP contribution < -0.4 is 9.62 Å². The number of carboxylic acid groups (broad SMARTS) is 1. The van der Waals surface area contributed by atoms with Crippen LogP contribution in [0.1, 0.15) is 11.1 Å². The lowest BCUT2D eigenvalue weighted by molar-refractivity contribution is -0.143. The van der Waals surface area contributed by atoms with E-state index in [2.05, 4.69) is 4.84 Å². The molecule has 1 aromatic carbocycles. The summed E-state index contributed by atoms with van der Waals surface area (Å²) in [4.78, 5) is 16.4. The molecule has 0 aromatic heterocycles. The van der Waals surface area contributed by atoms with Crippen molar-refractivity contribution in [3.63, 3.8) is 0 Å². The summed E-state index contributed by atoms with van der Waals surface area (Å²) < 4.78 is 28.9. The van der Waals surface area contributed by atoms with Gasteiger partial charge in [-0.15, -0.1) is 0 Å².